The second-order valence-corrected chi connectivity index (χ2v) is 17.4. The first-order valence-electron chi connectivity index (χ1n) is 18.4. The number of para-hydroxylation sites is 1. The van der Waals surface area contributed by atoms with Gasteiger partial charge in [-0.25, -0.2) is 0 Å². The number of fused-ring (bicyclic) bond motifs is 4. The largest absolute Gasteiger partial charge is 0.346 e. The van der Waals surface area contributed by atoms with Gasteiger partial charge in [-0.1, -0.05) is 131 Å². The van der Waals surface area contributed by atoms with Gasteiger partial charge in [-0.3, -0.25) is 19.5 Å². The van der Waals surface area contributed by atoms with Gasteiger partial charge in [0, 0.05) is 29.7 Å². The van der Waals surface area contributed by atoms with Gasteiger partial charge in [0.15, 0.2) is 0 Å². The van der Waals surface area contributed by atoms with Crippen LogP contribution >= 0.6 is 7.92 Å². The van der Waals surface area contributed by atoms with E-state index >= 15 is 0 Å². The van der Waals surface area contributed by atoms with Gasteiger partial charge in [-0.05, 0) is 84.2 Å². The third kappa shape index (κ3) is 7.36. The highest BCUT2D eigenvalue weighted by molar-refractivity contribution is 7.80. The number of nitrogens with one attached hydrogen (secondary N) is 2. The maximum Gasteiger partial charge on any atom is 0.252 e. The number of benzene rings is 4. The molecule has 0 radical (unpaired) electrons. The van der Waals surface area contributed by atoms with Crippen molar-refractivity contribution in [3.63, 3.8) is 0 Å². The number of pyridine rings is 1. The molecule has 8 rings (SSSR count). The van der Waals surface area contributed by atoms with Crippen LogP contribution in [0.25, 0.3) is 10.9 Å². The molecule has 6 atom stereocenters. The summed E-state index contributed by atoms with van der Waals surface area (Å²) in [6.45, 7) is 10.5. The quantitative estimate of drug-likeness (QED) is 0.153. The van der Waals surface area contributed by atoms with E-state index in [0.29, 0.717) is 17.4 Å². The summed E-state index contributed by atoms with van der Waals surface area (Å²) >= 11 is 0. The normalized spacial score (nSPS) is 21.3. The first-order chi connectivity index (χ1) is 24.7. The van der Waals surface area contributed by atoms with Crippen LogP contribution in [-0.2, 0) is 4.79 Å². The Morgan fingerprint density at radius 3 is 2.14 bits per heavy atom. The molecule has 0 aliphatic carbocycles. The smallest absolute Gasteiger partial charge is 0.252 e. The lowest BCUT2D eigenvalue weighted by Crippen LogP contribution is -2.60. The predicted molar refractivity (Wildman–Crippen MR) is 210 cm³/mol. The number of amides is 2. The lowest BCUT2D eigenvalue weighted by atomic mass is 9.72. The van der Waals surface area contributed by atoms with Crippen molar-refractivity contribution in [1.29, 1.82) is 0 Å². The van der Waals surface area contributed by atoms with Crippen LogP contribution in [0.2, 0.25) is 0 Å². The van der Waals surface area contributed by atoms with Gasteiger partial charge in [0.05, 0.1) is 11.6 Å². The van der Waals surface area contributed by atoms with Crippen LogP contribution in [0, 0.1) is 17.3 Å². The van der Waals surface area contributed by atoms with Gasteiger partial charge in [0.1, 0.15) is 6.04 Å². The second-order valence-electron chi connectivity index (χ2n) is 15.2. The second kappa shape index (κ2) is 15.1. The van der Waals surface area contributed by atoms with E-state index < -0.39 is 19.4 Å². The zero-order valence-corrected chi connectivity index (χ0v) is 31.0. The Labute approximate surface area is 303 Å². The molecule has 3 fully saturated rings. The fourth-order valence-electron chi connectivity index (χ4n) is 8.32. The van der Waals surface area contributed by atoms with Crippen molar-refractivity contribution in [2.75, 3.05) is 13.1 Å². The van der Waals surface area contributed by atoms with Crippen LogP contribution < -0.4 is 26.5 Å². The number of rotatable bonds is 10. The summed E-state index contributed by atoms with van der Waals surface area (Å²) in [5.41, 5.74) is 2.04. The molecule has 3 saturated heterocycles. The minimum Gasteiger partial charge on any atom is -0.346 e. The van der Waals surface area contributed by atoms with Crippen LogP contribution in [-0.4, -0.2) is 46.9 Å². The zero-order chi connectivity index (χ0) is 35.5. The summed E-state index contributed by atoms with van der Waals surface area (Å²) in [6.07, 6.45) is 5.29. The fourth-order valence-corrected chi connectivity index (χ4v) is 10.8. The Morgan fingerprint density at radius 2 is 1.49 bits per heavy atom. The van der Waals surface area contributed by atoms with E-state index in [2.05, 4.69) is 94.2 Å². The summed E-state index contributed by atoms with van der Waals surface area (Å²) in [7, 11) is -1.02. The van der Waals surface area contributed by atoms with Crippen LogP contribution in [0.1, 0.15) is 68.9 Å². The van der Waals surface area contributed by atoms with Crippen molar-refractivity contribution in [1.82, 2.24) is 20.5 Å². The van der Waals surface area contributed by atoms with Crippen LogP contribution in [0.3, 0.4) is 0 Å². The Morgan fingerprint density at radius 1 is 0.843 bits per heavy atom. The summed E-state index contributed by atoms with van der Waals surface area (Å²) in [4.78, 5) is 36.5. The first-order valence-corrected chi connectivity index (χ1v) is 19.7. The van der Waals surface area contributed by atoms with Gasteiger partial charge >= 0.3 is 0 Å². The van der Waals surface area contributed by atoms with Gasteiger partial charge < -0.3 is 10.6 Å². The number of carbonyl (C=O) groups is 2. The minimum atomic E-state index is -1.02. The molecule has 2 amide bonds. The first kappa shape index (κ1) is 35.0. The molecule has 5 aromatic rings. The van der Waals surface area contributed by atoms with Crippen LogP contribution in [0.4, 0.5) is 0 Å². The number of piperidine rings is 3. The van der Waals surface area contributed by atoms with E-state index in [0.717, 1.165) is 41.3 Å². The monoisotopic (exact) mass is 696 g/mol. The lowest BCUT2D eigenvalue weighted by Gasteiger charge is -2.52. The molecule has 0 spiro atoms. The molecule has 2 N–H and O–H groups in total. The molecule has 262 valence electrons. The van der Waals surface area contributed by atoms with Crippen molar-refractivity contribution >= 4 is 46.6 Å². The standard InChI is InChI=1S/C44H49N4O2P/c1-5-30-29-48-27-25-31(30)28-38(48)40(35-24-26-45-37-22-14-12-20-34(35)37)46-43(50)41(44(2,3)4)47-42(49)36-21-13-15-23-39(36)51(32-16-8-6-9-17-32)33-18-10-7-11-19-33/h6-24,26,30-31,38,40-41H,5,25,27-29H2,1-4H3,(H,46,50)(H,47,49)/t30?,31?,38?,40-,41-/m1/s1. The van der Waals surface area contributed by atoms with Gasteiger partial charge in [-0.2, -0.15) is 0 Å². The molecular weight excluding hydrogens is 647 g/mol. The van der Waals surface area contributed by atoms with E-state index in [1.165, 1.54) is 23.5 Å². The SMILES string of the molecule is CCC1CN2CCC1CC2[C@H](NC(=O)[C@@H](NC(=O)c1ccccc1P(c1ccccc1)c1ccccc1)C(C)(C)C)c1ccnc2ccccc12. The van der Waals surface area contributed by atoms with E-state index in [4.69, 9.17) is 0 Å². The fraction of sp³-hybridized carbons (Fsp3) is 0.341. The van der Waals surface area contributed by atoms with Crippen molar-refractivity contribution in [3.8, 4) is 0 Å². The maximum atomic E-state index is 14.8. The third-order valence-corrected chi connectivity index (χ3v) is 13.5. The number of aromatic nitrogens is 1. The van der Waals surface area contributed by atoms with Crippen molar-refractivity contribution in [2.24, 2.45) is 17.3 Å². The van der Waals surface area contributed by atoms with Crippen molar-refractivity contribution < 1.29 is 9.59 Å². The molecule has 51 heavy (non-hydrogen) atoms. The predicted octanol–water partition coefficient (Wildman–Crippen LogP) is 7.12. The van der Waals surface area contributed by atoms with Crippen molar-refractivity contribution in [2.45, 2.75) is 65.1 Å². The van der Waals surface area contributed by atoms with Gasteiger partial charge in [0.25, 0.3) is 5.91 Å². The zero-order valence-electron chi connectivity index (χ0n) is 30.1. The molecule has 1 aromatic heterocycles. The molecule has 4 aromatic carbocycles. The van der Waals surface area contributed by atoms with E-state index in [9.17, 15) is 9.59 Å². The van der Waals surface area contributed by atoms with E-state index in [1.807, 2.05) is 75.5 Å². The minimum absolute atomic E-state index is 0.165. The molecule has 3 aliphatic heterocycles. The van der Waals surface area contributed by atoms with E-state index in [1.54, 1.807) is 0 Å². The molecule has 7 heteroatoms. The average molecular weight is 697 g/mol. The highest BCUT2D eigenvalue weighted by Crippen LogP contribution is 2.43. The van der Waals surface area contributed by atoms with Crippen molar-refractivity contribution in [3.05, 3.63) is 133 Å². The Kier molecular flexibility index (Phi) is 10.4. The summed E-state index contributed by atoms with van der Waals surface area (Å²) in [5.74, 6) is 0.940. The summed E-state index contributed by atoms with van der Waals surface area (Å²) in [6, 6.07) is 38.1. The highest BCUT2D eigenvalue weighted by Gasteiger charge is 2.45. The molecule has 0 saturated carbocycles. The Bertz CT molecular complexity index is 1930. The molecule has 3 aliphatic rings. The Balaban J connectivity index is 1.22. The van der Waals surface area contributed by atoms with Gasteiger partial charge in [-0.15, -0.1) is 0 Å². The van der Waals surface area contributed by atoms with Gasteiger partial charge in [0.2, 0.25) is 5.91 Å². The number of hydrogen-bond donors (Lipinski definition) is 2. The number of carbonyl (C=O) groups excluding carboxylic acids is 2. The van der Waals surface area contributed by atoms with Crippen LogP contribution in [0.15, 0.2) is 121 Å². The highest BCUT2D eigenvalue weighted by atomic mass is 31.1. The van der Waals surface area contributed by atoms with E-state index in [-0.39, 0.29) is 23.9 Å². The molecular formula is C44H49N4O2P. The third-order valence-electron chi connectivity index (χ3n) is 11.0. The molecule has 6 nitrogen and oxygen atoms in total. The number of hydrogen-bond acceptors (Lipinski definition) is 4. The molecule has 4 unspecified atom stereocenters. The molecule has 2 bridgehead atoms. The average Bonchev–Trinajstić information content (AvgIpc) is 3.16. The van der Waals surface area contributed by atoms with Crippen LogP contribution in [0.5, 0.6) is 0 Å². The Hall–Kier alpha value is -4.38. The lowest BCUT2D eigenvalue weighted by molar-refractivity contribution is -0.127. The summed E-state index contributed by atoms with van der Waals surface area (Å²) in [5, 5.41) is 11.2. The maximum absolute atomic E-state index is 14.8. The topological polar surface area (TPSA) is 74.3 Å². The summed E-state index contributed by atoms with van der Waals surface area (Å²) < 4.78 is 0. The number of nitrogens with zero attached hydrogens (tertiary/aromatic N) is 2. The molecule has 4 heterocycles.